The van der Waals surface area contributed by atoms with Gasteiger partial charge in [0.2, 0.25) is 0 Å². The summed E-state index contributed by atoms with van der Waals surface area (Å²) >= 11 is 0. The number of sulfone groups is 1. The van der Waals surface area contributed by atoms with E-state index >= 15 is 0 Å². The Balaban J connectivity index is 2.80. The first-order valence-electron chi connectivity index (χ1n) is 7.53. The van der Waals surface area contributed by atoms with Gasteiger partial charge in [0.25, 0.3) is 0 Å². The summed E-state index contributed by atoms with van der Waals surface area (Å²) in [6.07, 6.45) is 9.72. The summed E-state index contributed by atoms with van der Waals surface area (Å²) in [6, 6.07) is 8.82. The van der Waals surface area contributed by atoms with E-state index in [2.05, 4.69) is 6.92 Å². The molecule has 0 saturated carbocycles. The van der Waals surface area contributed by atoms with Crippen LogP contribution in [0.15, 0.2) is 47.4 Å². The van der Waals surface area contributed by atoms with Crippen LogP contribution in [-0.2, 0) is 9.84 Å². The van der Waals surface area contributed by atoms with Crippen LogP contribution in [-0.4, -0.2) is 13.7 Å². The van der Waals surface area contributed by atoms with E-state index in [1.54, 1.807) is 24.3 Å². The zero-order valence-corrected chi connectivity index (χ0v) is 13.4. The summed E-state index contributed by atoms with van der Waals surface area (Å²) < 4.78 is 25.3. The van der Waals surface area contributed by atoms with Gasteiger partial charge in [-0.15, -0.1) is 0 Å². The quantitative estimate of drug-likeness (QED) is 0.486. The molecule has 0 bridgehead atoms. The Bertz CT molecular complexity index is 489. The summed E-state index contributed by atoms with van der Waals surface area (Å²) in [6.45, 7) is 4.10. The number of benzene rings is 1. The highest BCUT2D eigenvalue weighted by Crippen LogP contribution is 2.23. The molecule has 0 aliphatic carbocycles. The third kappa shape index (κ3) is 5.12. The number of allylic oxidation sites excluding steroid dienone is 2. The first-order valence-corrected chi connectivity index (χ1v) is 9.07. The van der Waals surface area contributed by atoms with E-state index in [1.165, 1.54) is 12.8 Å². The van der Waals surface area contributed by atoms with Gasteiger partial charge in [-0.2, -0.15) is 0 Å². The van der Waals surface area contributed by atoms with Gasteiger partial charge in [-0.1, -0.05) is 63.0 Å². The van der Waals surface area contributed by atoms with Gasteiger partial charge in [0.1, 0.15) is 0 Å². The van der Waals surface area contributed by atoms with Crippen molar-refractivity contribution in [3.63, 3.8) is 0 Å². The highest BCUT2D eigenvalue weighted by atomic mass is 32.2. The smallest absolute Gasteiger partial charge is 0.181 e. The fourth-order valence-corrected chi connectivity index (χ4v) is 4.05. The molecule has 0 radical (unpaired) electrons. The first-order chi connectivity index (χ1) is 9.62. The third-order valence-electron chi connectivity index (χ3n) is 3.52. The van der Waals surface area contributed by atoms with Crippen LogP contribution in [0.2, 0.25) is 0 Å². The topological polar surface area (TPSA) is 34.1 Å². The lowest BCUT2D eigenvalue weighted by Crippen LogP contribution is -2.21. The van der Waals surface area contributed by atoms with Crippen molar-refractivity contribution in [2.45, 2.75) is 62.5 Å². The molecule has 0 aliphatic heterocycles. The van der Waals surface area contributed by atoms with E-state index in [0.717, 1.165) is 19.3 Å². The molecule has 0 saturated heterocycles. The number of rotatable bonds is 9. The van der Waals surface area contributed by atoms with Crippen LogP contribution in [0.5, 0.6) is 0 Å². The second-order valence-corrected chi connectivity index (χ2v) is 7.36. The van der Waals surface area contributed by atoms with E-state index < -0.39 is 9.84 Å². The van der Waals surface area contributed by atoms with Gasteiger partial charge < -0.3 is 0 Å². The van der Waals surface area contributed by atoms with Crippen LogP contribution in [0.3, 0.4) is 0 Å². The van der Waals surface area contributed by atoms with E-state index in [-0.39, 0.29) is 5.25 Å². The van der Waals surface area contributed by atoms with Gasteiger partial charge in [-0.05, 0) is 31.9 Å². The predicted octanol–water partition coefficient (Wildman–Crippen LogP) is 4.77. The van der Waals surface area contributed by atoms with Gasteiger partial charge in [-0.3, -0.25) is 0 Å². The summed E-state index contributed by atoms with van der Waals surface area (Å²) in [5.41, 5.74) is 0. The average molecular weight is 294 g/mol. The van der Waals surface area contributed by atoms with Gasteiger partial charge in [-0.25, -0.2) is 8.42 Å². The molecule has 0 amide bonds. The molecule has 112 valence electrons. The molecule has 1 rings (SSSR count). The van der Waals surface area contributed by atoms with Gasteiger partial charge >= 0.3 is 0 Å². The third-order valence-corrected chi connectivity index (χ3v) is 5.76. The van der Waals surface area contributed by atoms with Crippen molar-refractivity contribution in [3.05, 3.63) is 42.5 Å². The van der Waals surface area contributed by atoms with Crippen molar-refractivity contribution in [3.8, 4) is 0 Å². The van der Waals surface area contributed by atoms with E-state index in [0.29, 0.717) is 11.3 Å². The Morgan fingerprint density at radius 3 is 2.40 bits per heavy atom. The second kappa shape index (κ2) is 8.96. The number of hydrogen-bond acceptors (Lipinski definition) is 2. The molecule has 1 unspecified atom stereocenters. The van der Waals surface area contributed by atoms with Crippen LogP contribution < -0.4 is 0 Å². The molecular formula is C17H26O2S. The minimum atomic E-state index is -3.21. The molecule has 3 heteroatoms. The van der Waals surface area contributed by atoms with E-state index in [1.807, 2.05) is 25.1 Å². The maximum Gasteiger partial charge on any atom is 0.181 e. The second-order valence-electron chi connectivity index (χ2n) is 5.13. The van der Waals surface area contributed by atoms with E-state index in [9.17, 15) is 8.42 Å². The lowest BCUT2D eigenvalue weighted by atomic mass is 10.1. The van der Waals surface area contributed by atoms with Crippen molar-refractivity contribution in [2.75, 3.05) is 0 Å². The highest BCUT2D eigenvalue weighted by molar-refractivity contribution is 7.92. The van der Waals surface area contributed by atoms with Crippen molar-refractivity contribution < 1.29 is 8.42 Å². The summed E-state index contributed by atoms with van der Waals surface area (Å²) in [5.74, 6) is 0. The molecule has 0 N–H and O–H groups in total. The Morgan fingerprint density at radius 2 is 1.80 bits per heavy atom. The number of hydrogen-bond donors (Lipinski definition) is 0. The monoisotopic (exact) mass is 294 g/mol. The Morgan fingerprint density at radius 1 is 1.10 bits per heavy atom. The van der Waals surface area contributed by atoms with Crippen LogP contribution in [0.4, 0.5) is 0 Å². The standard InChI is InChI=1S/C17H26O2S/c1-3-5-7-9-13-16(12-6-4-2)20(18,19)17-14-10-8-11-15-17/h4,6,8,10-11,14-16H,3,5,7,9,12-13H2,1-2H3/b6-4+. The molecule has 0 fully saturated rings. The lowest BCUT2D eigenvalue weighted by molar-refractivity contribution is 0.554. The first kappa shape index (κ1) is 17.0. The molecule has 1 atom stereocenters. The van der Waals surface area contributed by atoms with E-state index in [4.69, 9.17) is 0 Å². The lowest BCUT2D eigenvalue weighted by Gasteiger charge is -2.16. The van der Waals surface area contributed by atoms with Crippen LogP contribution in [0.25, 0.3) is 0 Å². The summed E-state index contributed by atoms with van der Waals surface area (Å²) in [5, 5.41) is -0.294. The minimum Gasteiger partial charge on any atom is -0.223 e. The largest absolute Gasteiger partial charge is 0.223 e. The molecule has 0 spiro atoms. The molecule has 0 aliphatic rings. The number of unbranched alkanes of at least 4 members (excludes halogenated alkanes) is 3. The zero-order valence-electron chi connectivity index (χ0n) is 12.6. The molecular weight excluding hydrogens is 268 g/mol. The highest BCUT2D eigenvalue weighted by Gasteiger charge is 2.25. The van der Waals surface area contributed by atoms with Crippen LogP contribution in [0.1, 0.15) is 52.4 Å². The summed E-state index contributed by atoms with van der Waals surface area (Å²) in [4.78, 5) is 0.449. The van der Waals surface area contributed by atoms with Crippen molar-refractivity contribution in [2.24, 2.45) is 0 Å². The Kier molecular flexibility index (Phi) is 7.60. The maximum atomic E-state index is 12.7. The van der Waals surface area contributed by atoms with Crippen molar-refractivity contribution in [1.82, 2.24) is 0 Å². The fraction of sp³-hybridized carbons (Fsp3) is 0.529. The zero-order chi connectivity index (χ0) is 14.8. The molecule has 0 heterocycles. The molecule has 20 heavy (non-hydrogen) atoms. The van der Waals surface area contributed by atoms with Gasteiger partial charge in [0.15, 0.2) is 9.84 Å². The maximum absolute atomic E-state index is 12.7. The van der Waals surface area contributed by atoms with Gasteiger partial charge in [0, 0.05) is 0 Å². The Hall–Kier alpha value is -1.09. The van der Waals surface area contributed by atoms with Gasteiger partial charge in [0.05, 0.1) is 10.1 Å². The Labute approximate surface area is 123 Å². The van der Waals surface area contributed by atoms with Crippen molar-refractivity contribution in [1.29, 1.82) is 0 Å². The van der Waals surface area contributed by atoms with Crippen LogP contribution >= 0.6 is 0 Å². The molecule has 1 aromatic rings. The van der Waals surface area contributed by atoms with Crippen molar-refractivity contribution >= 4 is 9.84 Å². The van der Waals surface area contributed by atoms with Crippen LogP contribution in [0, 0.1) is 0 Å². The summed E-state index contributed by atoms with van der Waals surface area (Å²) in [7, 11) is -3.21. The minimum absolute atomic E-state index is 0.294. The fourth-order valence-electron chi connectivity index (χ4n) is 2.29. The molecule has 2 nitrogen and oxygen atoms in total. The predicted molar refractivity (Wildman–Crippen MR) is 85.6 cm³/mol. The molecule has 1 aromatic carbocycles. The normalized spacial score (nSPS) is 13.7. The average Bonchev–Trinajstić information content (AvgIpc) is 2.47. The SMILES string of the molecule is C/C=C/CC(CCCCCC)S(=O)(=O)c1ccccc1. The molecule has 0 aromatic heterocycles.